The molecule has 0 fully saturated rings. The van der Waals surface area contributed by atoms with Gasteiger partial charge in [-0.05, 0) is 29.8 Å². The van der Waals surface area contributed by atoms with Crippen molar-refractivity contribution in [2.24, 2.45) is 4.99 Å². The van der Waals surface area contributed by atoms with Crippen LogP contribution >= 0.6 is 11.3 Å². The SMILES string of the molecule is O=C(N=c1scc(-c2ccccc2)n1-c1ccccc1)c1cc2ccccc2o1. The molecule has 0 atom stereocenters. The molecule has 0 aliphatic heterocycles. The van der Waals surface area contributed by atoms with E-state index in [1.807, 2.05) is 94.9 Å². The normalized spacial score (nSPS) is 11.8. The number of aromatic nitrogens is 1. The minimum Gasteiger partial charge on any atom is -0.451 e. The van der Waals surface area contributed by atoms with Crippen LogP contribution in [0.5, 0.6) is 0 Å². The van der Waals surface area contributed by atoms with Crippen LogP contribution in [0.2, 0.25) is 0 Å². The molecule has 0 aliphatic rings. The lowest BCUT2D eigenvalue weighted by atomic mass is 10.1. The van der Waals surface area contributed by atoms with E-state index in [2.05, 4.69) is 4.99 Å². The average Bonchev–Trinajstić information content (AvgIpc) is 3.39. The van der Waals surface area contributed by atoms with Crippen LogP contribution in [0.1, 0.15) is 10.6 Å². The third-order valence-corrected chi connectivity index (χ3v) is 5.45. The summed E-state index contributed by atoms with van der Waals surface area (Å²) < 4.78 is 7.69. The van der Waals surface area contributed by atoms with Gasteiger partial charge in [0, 0.05) is 16.5 Å². The second-order valence-electron chi connectivity index (χ2n) is 6.51. The zero-order valence-corrected chi connectivity index (χ0v) is 16.2. The first-order valence-electron chi connectivity index (χ1n) is 9.18. The third kappa shape index (κ3) is 3.32. The van der Waals surface area contributed by atoms with Gasteiger partial charge in [0.2, 0.25) is 0 Å². The number of hydrogen-bond donors (Lipinski definition) is 0. The Bertz CT molecular complexity index is 1330. The molecule has 0 spiro atoms. The molecular formula is C24H16N2O2S. The average molecular weight is 396 g/mol. The summed E-state index contributed by atoms with van der Waals surface area (Å²) in [6, 6.07) is 29.3. The first-order valence-corrected chi connectivity index (χ1v) is 10.1. The molecule has 29 heavy (non-hydrogen) atoms. The second kappa shape index (κ2) is 7.37. The van der Waals surface area contributed by atoms with E-state index in [1.54, 1.807) is 6.07 Å². The van der Waals surface area contributed by atoms with Gasteiger partial charge in [0.1, 0.15) is 5.58 Å². The van der Waals surface area contributed by atoms with Crippen LogP contribution < -0.4 is 4.80 Å². The topological polar surface area (TPSA) is 47.5 Å². The maximum absolute atomic E-state index is 12.8. The number of rotatable bonds is 3. The van der Waals surface area contributed by atoms with Crippen molar-refractivity contribution in [3.63, 3.8) is 0 Å². The van der Waals surface area contributed by atoms with E-state index in [-0.39, 0.29) is 5.76 Å². The fourth-order valence-electron chi connectivity index (χ4n) is 3.26. The van der Waals surface area contributed by atoms with Crippen LogP contribution in [-0.4, -0.2) is 10.5 Å². The molecule has 1 amide bonds. The van der Waals surface area contributed by atoms with Crippen molar-refractivity contribution in [2.75, 3.05) is 0 Å². The summed E-state index contributed by atoms with van der Waals surface area (Å²) in [4.78, 5) is 17.8. The predicted octanol–water partition coefficient (Wildman–Crippen LogP) is 5.69. The molecule has 5 rings (SSSR count). The molecule has 5 heteroatoms. The van der Waals surface area contributed by atoms with Gasteiger partial charge in [-0.1, -0.05) is 66.7 Å². The molecule has 0 saturated carbocycles. The molecule has 3 aromatic carbocycles. The monoisotopic (exact) mass is 396 g/mol. The quantitative estimate of drug-likeness (QED) is 0.393. The van der Waals surface area contributed by atoms with E-state index in [1.165, 1.54) is 11.3 Å². The number of fused-ring (bicyclic) bond motifs is 1. The molecule has 0 saturated heterocycles. The summed E-state index contributed by atoms with van der Waals surface area (Å²) in [6.45, 7) is 0. The smallest absolute Gasteiger partial charge is 0.315 e. The van der Waals surface area contributed by atoms with Gasteiger partial charge in [0.15, 0.2) is 10.6 Å². The maximum atomic E-state index is 12.8. The van der Waals surface area contributed by atoms with E-state index >= 15 is 0 Å². The van der Waals surface area contributed by atoms with Crippen molar-refractivity contribution in [1.29, 1.82) is 0 Å². The van der Waals surface area contributed by atoms with E-state index in [9.17, 15) is 4.79 Å². The number of benzene rings is 3. The van der Waals surface area contributed by atoms with Gasteiger partial charge in [0.05, 0.1) is 5.69 Å². The largest absolute Gasteiger partial charge is 0.451 e. The lowest BCUT2D eigenvalue weighted by Crippen LogP contribution is -2.16. The minimum absolute atomic E-state index is 0.237. The Kier molecular flexibility index (Phi) is 4.42. The van der Waals surface area contributed by atoms with Crippen molar-refractivity contribution >= 4 is 28.2 Å². The van der Waals surface area contributed by atoms with Crippen molar-refractivity contribution in [1.82, 2.24) is 4.57 Å². The minimum atomic E-state index is -0.396. The summed E-state index contributed by atoms with van der Waals surface area (Å²) in [6.07, 6.45) is 0. The lowest BCUT2D eigenvalue weighted by Gasteiger charge is -2.08. The fourth-order valence-corrected chi connectivity index (χ4v) is 4.16. The standard InChI is InChI=1S/C24H16N2O2S/c27-23(22-15-18-11-7-8-14-21(18)28-22)25-24-26(19-12-5-2-6-13-19)20(16-29-24)17-9-3-1-4-10-17/h1-16H. The summed E-state index contributed by atoms with van der Waals surface area (Å²) in [5.74, 6) is -0.159. The number of nitrogens with zero attached hydrogens (tertiary/aromatic N) is 2. The highest BCUT2D eigenvalue weighted by molar-refractivity contribution is 7.07. The lowest BCUT2D eigenvalue weighted by molar-refractivity contribution is 0.0974. The van der Waals surface area contributed by atoms with Crippen LogP contribution in [-0.2, 0) is 0 Å². The Balaban J connectivity index is 1.66. The van der Waals surface area contributed by atoms with Gasteiger partial charge in [-0.2, -0.15) is 4.99 Å². The molecule has 2 aromatic heterocycles. The van der Waals surface area contributed by atoms with Crippen LogP contribution in [0.4, 0.5) is 0 Å². The second-order valence-corrected chi connectivity index (χ2v) is 7.34. The van der Waals surface area contributed by atoms with Gasteiger partial charge in [-0.3, -0.25) is 9.36 Å². The van der Waals surface area contributed by atoms with Gasteiger partial charge in [0.25, 0.3) is 0 Å². The summed E-state index contributed by atoms with van der Waals surface area (Å²) in [5.41, 5.74) is 3.67. The molecule has 5 aromatic rings. The Morgan fingerprint density at radius 1 is 0.862 bits per heavy atom. The Morgan fingerprint density at radius 2 is 1.55 bits per heavy atom. The molecule has 140 valence electrons. The summed E-state index contributed by atoms with van der Waals surface area (Å²) in [5, 5.41) is 2.91. The fraction of sp³-hybridized carbons (Fsp3) is 0. The van der Waals surface area contributed by atoms with Crippen LogP contribution in [0, 0.1) is 0 Å². The third-order valence-electron chi connectivity index (χ3n) is 4.63. The highest BCUT2D eigenvalue weighted by atomic mass is 32.1. The number of para-hydroxylation sites is 2. The van der Waals surface area contributed by atoms with Crippen LogP contribution in [0.3, 0.4) is 0 Å². The Hall–Kier alpha value is -3.70. The molecule has 2 heterocycles. The number of carbonyl (C=O) groups excluding carboxylic acids is 1. The molecule has 0 radical (unpaired) electrons. The number of hydrogen-bond acceptors (Lipinski definition) is 3. The highest BCUT2D eigenvalue weighted by Gasteiger charge is 2.14. The molecule has 0 N–H and O–H groups in total. The van der Waals surface area contributed by atoms with Crippen molar-refractivity contribution in [2.45, 2.75) is 0 Å². The van der Waals surface area contributed by atoms with E-state index in [0.717, 1.165) is 22.3 Å². The predicted molar refractivity (Wildman–Crippen MR) is 115 cm³/mol. The molecule has 0 bridgehead atoms. The molecule has 4 nitrogen and oxygen atoms in total. The number of carbonyl (C=O) groups is 1. The van der Waals surface area contributed by atoms with Crippen molar-refractivity contribution in [3.8, 4) is 16.9 Å². The number of furan rings is 1. The van der Waals surface area contributed by atoms with Gasteiger partial charge >= 0.3 is 5.91 Å². The van der Waals surface area contributed by atoms with Gasteiger partial charge < -0.3 is 4.42 Å². The maximum Gasteiger partial charge on any atom is 0.315 e. The van der Waals surface area contributed by atoms with Crippen molar-refractivity contribution < 1.29 is 9.21 Å². The van der Waals surface area contributed by atoms with Gasteiger partial charge in [-0.25, -0.2) is 0 Å². The summed E-state index contributed by atoms with van der Waals surface area (Å²) in [7, 11) is 0. The van der Waals surface area contributed by atoms with Crippen LogP contribution in [0.25, 0.3) is 27.9 Å². The van der Waals surface area contributed by atoms with Crippen molar-refractivity contribution in [3.05, 3.63) is 107 Å². The Morgan fingerprint density at radius 3 is 2.31 bits per heavy atom. The molecule has 0 aliphatic carbocycles. The highest BCUT2D eigenvalue weighted by Crippen LogP contribution is 2.24. The zero-order chi connectivity index (χ0) is 19.6. The van der Waals surface area contributed by atoms with E-state index in [0.29, 0.717) is 10.4 Å². The summed E-state index contributed by atoms with van der Waals surface area (Å²) >= 11 is 1.43. The number of thiazole rings is 1. The first-order chi connectivity index (χ1) is 14.3. The zero-order valence-electron chi connectivity index (χ0n) is 15.4. The van der Waals surface area contributed by atoms with E-state index in [4.69, 9.17) is 4.42 Å². The number of amides is 1. The molecule has 0 unspecified atom stereocenters. The molecular weight excluding hydrogens is 380 g/mol. The first kappa shape index (κ1) is 17.4. The van der Waals surface area contributed by atoms with Crippen LogP contribution in [0.15, 0.2) is 106 Å². The van der Waals surface area contributed by atoms with E-state index < -0.39 is 5.91 Å². The Labute approximate surface area is 171 Å². The van der Waals surface area contributed by atoms with Gasteiger partial charge in [-0.15, -0.1) is 11.3 Å².